The number of rotatable bonds is 4. The van der Waals surface area contributed by atoms with Crippen molar-refractivity contribution >= 4 is 5.78 Å². The smallest absolute Gasteiger partial charge is 0.170 e. The topological polar surface area (TPSA) is 77.8 Å². The molecule has 2 aromatic carbocycles. The molecule has 0 spiro atoms. The molecule has 0 aromatic heterocycles. The molecule has 0 aliphatic heterocycles. The van der Waals surface area contributed by atoms with Gasteiger partial charge in [-0.25, -0.2) is 0 Å². The first-order valence-corrected chi connectivity index (χ1v) is 5.90. The van der Waals surface area contributed by atoms with Crippen molar-refractivity contribution in [3.05, 3.63) is 53.6 Å². The Morgan fingerprint density at radius 2 is 1.58 bits per heavy atom. The summed E-state index contributed by atoms with van der Waals surface area (Å²) < 4.78 is 0. The first kappa shape index (κ1) is 13.0. The fraction of sp³-hybridized carbons (Fsp3) is 0.133. The normalized spacial score (nSPS) is 10.3. The molecule has 0 radical (unpaired) electrons. The van der Waals surface area contributed by atoms with Gasteiger partial charge in [0.15, 0.2) is 5.78 Å². The molecule has 0 saturated carbocycles. The van der Waals surface area contributed by atoms with Crippen molar-refractivity contribution in [3.63, 3.8) is 0 Å². The fourth-order valence-electron chi connectivity index (χ4n) is 1.91. The molecule has 98 valence electrons. The molecule has 0 unspecified atom stereocenters. The van der Waals surface area contributed by atoms with E-state index in [1.807, 2.05) is 0 Å². The lowest BCUT2D eigenvalue weighted by molar-refractivity contribution is 0.0977. The number of carbonyl (C=O) groups is 1. The molecule has 0 aliphatic carbocycles. The molecule has 4 heteroatoms. The molecule has 0 heterocycles. The Labute approximate surface area is 110 Å². The average molecular weight is 258 g/mol. The van der Waals surface area contributed by atoms with Gasteiger partial charge in [-0.15, -0.1) is 0 Å². The van der Waals surface area contributed by atoms with Gasteiger partial charge in [-0.1, -0.05) is 18.2 Å². The monoisotopic (exact) mass is 258 g/mol. The molecule has 0 amide bonds. The third-order valence-electron chi connectivity index (χ3n) is 2.85. The van der Waals surface area contributed by atoms with Crippen molar-refractivity contribution in [2.24, 2.45) is 0 Å². The largest absolute Gasteiger partial charge is 0.508 e. The van der Waals surface area contributed by atoms with Gasteiger partial charge in [0, 0.05) is 6.42 Å². The maximum Gasteiger partial charge on any atom is 0.170 e. The summed E-state index contributed by atoms with van der Waals surface area (Å²) in [6.45, 7) is 0. The SMILES string of the molecule is O=C(CCc1cccc(O)c1)c1c(O)cccc1O. The van der Waals surface area contributed by atoms with E-state index in [4.69, 9.17) is 0 Å². The van der Waals surface area contributed by atoms with E-state index in [0.717, 1.165) is 5.56 Å². The van der Waals surface area contributed by atoms with Crippen molar-refractivity contribution in [3.8, 4) is 17.2 Å². The summed E-state index contributed by atoms with van der Waals surface area (Å²) in [5, 5.41) is 28.5. The van der Waals surface area contributed by atoms with Gasteiger partial charge in [0.25, 0.3) is 0 Å². The van der Waals surface area contributed by atoms with E-state index in [0.29, 0.717) is 6.42 Å². The zero-order valence-electron chi connectivity index (χ0n) is 10.2. The number of phenolic OH excluding ortho intramolecular Hbond substituents is 3. The Morgan fingerprint density at radius 3 is 2.21 bits per heavy atom. The summed E-state index contributed by atoms with van der Waals surface area (Å²) in [4.78, 5) is 12.0. The minimum absolute atomic E-state index is 0.0531. The molecule has 4 nitrogen and oxygen atoms in total. The minimum atomic E-state index is -0.334. The van der Waals surface area contributed by atoms with Gasteiger partial charge in [-0.2, -0.15) is 0 Å². The van der Waals surface area contributed by atoms with E-state index in [-0.39, 0.29) is 35.0 Å². The maximum absolute atomic E-state index is 12.0. The van der Waals surface area contributed by atoms with Crippen molar-refractivity contribution in [1.82, 2.24) is 0 Å². The highest BCUT2D eigenvalue weighted by Crippen LogP contribution is 2.28. The molecular formula is C15H14O4. The summed E-state index contributed by atoms with van der Waals surface area (Å²) in [6.07, 6.45) is 0.579. The van der Waals surface area contributed by atoms with Gasteiger partial charge in [0.1, 0.15) is 22.8 Å². The molecule has 0 saturated heterocycles. The second-order valence-electron chi connectivity index (χ2n) is 4.26. The van der Waals surface area contributed by atoms with Crippen molar-refractivity contribution < 1.29 is 20.1 Å². The van der Waals surface area contributed by atoms with Crippen molar-refractivity contribution in [2.45, 2.75) is 12.8 Å². The van der Waals surface area contributed by atoms with Crippen molar-refractivity contribution in [1.29, 1.82) is 0 Å². The van der Waals surface area contributed by atoms with E-state index in [2.05, 4.69) is 0 Å². The van der Waals surface area contributed by atoms with Crippen LogP contribution in [0.4, 0.5) is 0 Å². The number of hydrogen-bond donors (Lipinski definition) is 3. The molecule has 2 aromatic rings. The fourth-order valence-corrected chi connectivity index (χ4v) is 1.91. The lowest BCUT2D eigenvalue weighted by atomic mass is 10.0. The lowest BCUT2D eigenvalue weighted by Crippen LogP contribution is -2.02. The standard InChI is InChI=1S/C15H14O4/c16-11-4-1-3-10(9-11)7-8-14(19)15-12(17)5-2-6-13(15)18/h1-6,9,16-18H,7-8H2. The number of phenols is 3. The van der Waals surface area contributed by atoms with Gasteiger partial charge >= 0.3 is 0 Å². The predicted molar refractivity (Wildman–Crippen MR) is 70.5 cm³/mol. The van der Waals surface area contributed by atoms with Crippen LogP contribution in [0.25, 0.3) is 0 Å². The first-order valence-electron chi connectivity index (χ1n) is 5.90. The van der Waals surface area contributed by atoms with Crippen LogP contribution in [0.5, 0.6) is 17.2 Å². The summed E-state index contributed by atoms with van der Waals surface area (Å²) in [6, 6.07) is 10.8. The van der Waals surface area contributed by atoms with Crippen LogP contribution in [0.3, 0.4) is 0 Å². The second-order valence-corrected chi connectivity index (χ2v) is 4.26. The Morgan fingerprint density at radius 1 is 0.947 bits per heavy atom. The van der Waals surface area contributed by atoms with Gasteiger partial charge in [0.05, 0.1) is 0 Å². The van der Waals surface area contributed by atoms with Crippen LogP contribution in [-0.2, 0) is 6.42 Å². The number of aryl methyl sites for hydroxylation is 1. The van der Waals surface area contributed by atoms with Gasteiger partial charge in [-0.05, 0) is 36.2 Å². The van der Waals surface area contributed by atoms with Gasteiger partial charge in [0.2, 0.25) is 0 Å². The Hall–Kier alpha value is -2.49. The number of benzene rings is 2. The number of carbonyl (C=O) groups excluding carboxylic acids is 1. The molecule has 0 aliphatic rings. The second kappa shape index (κ2) is 5.44. The van der Waals surface area contributed by atoms with Crippen molar-refractivity contribution in [2.75, 3.05) is 0 Å². The third-order valence-corrected chi connectivity index (χ3v) is 2.85. The highest BCUT2D eigenvalue weighted by atomic mass is 16.3. The lowest BCUT2D eigenvalue weighted by Gasteiger charge is -2.06. The van der Waals surface area contributed by atoms with Crippen LogP contribution < -0.4 is 0 Å². The summed E-state index contributed by atoms with van der Waals surface area (Å²) in [5.74, 6) is -0.629. The zero-order chi connectivity index (χ0) is 13.8. The highest BCUT2D eigenvalue weighted by Gasteiger charge is 2.15. The highest BCUT2D eigenvalue weighted by molar-refractivity contribution is 6.01. The van der Waals surface area contributed by atoms with E-state index in [1.165, 1.54) is 18.2 Å². The van der Waals surface area contributed by atoms with Crippen LogP contribution in [-0.4, -0.2) is 21.1 Å². The van der Waals surface area contributed by atoms with E-state index in [9.17, 15) is 20.1 Å². The summed E-state index contributed by atoms with van der Waals surface area (Å²) in [5.41, 5.74) is 0.769. The molecule has 2 rings (SSSR count). The molecule has 3 N–H and O–H groups in total. The van der Waals surface area contributed by atoms with Crippen LogP contribution >= 0.6 is 0 Å². The van der Waals surface area contributed by atoms with E-state index in [1.54, 1.807) is 24.3 Å². The molecular weight excluding hydrogens is 244 g/mol. The van der Waals surface area contributed by atoms with E-state index >= 15 is 0 Å². The Kier molecular flexibility index (Phi) is 3.71. The number of ketones is 1. The molecule has 0 fully saturated rings. The quantitative estimate of drug-likeness (QED) is 0.737. The van der Waals surface area contributed by atoms with Gasteiger partial charge in [-0.3, -0.25) is 4.79 Å². The van der Waals surface area contributed by atoms with Crippen LogP contribution in [0.15, 0.2) is 42.5 Å². The number of Topliss-reactive ketones (excluding diaryl/α,β-unsaturated/α-hetero) is 1. The van der Waals surface area contributed by atoms with E-state index < -0.39 is 0 Å². The Balaban J connectivity index is 2.10. The molecule has 0 atom stereocenters. The zero-order valence-corrected chi connectivity index (χ0v) is 10.2. The van der Waals surface area contributed by atoms with Crippen LogP contribution in [0.2, 0.25) is 0 Å². The van der Waals surface area contributed by atoms with Gasteiger partial charge < -0.3 is 15.3 Å². The van der Waals surface area contributed by atoms with Crippen LogP contribution in [0, 0.1) is 0 Å². The minimum Gasteiger partial charge on any atom is -0.508 e. The predicted octanol–water partition coefficient (Wildman–Crippen LogP) is 2.62. The third kappa shape index (κ3) is 3.04. The van der Waals surface area contributed by atoms with Crippen LogP contribution in [0.1, 0.15) is 22.3 Å². The first-order chi connectivity index (χ1) is 9.08. The number of hydrogen-bond acceptors (Lipinski definition) is 4. The summed E-state index contributed by atoms with van der Waals surface area (Å²) in [7, 11) is 0. The molecule has 0 bridgehead atoms. The molecule has 19 heavy (non-hydrogen) atoms. The maximum atomic E-state index is 12.0. The Bertz CT molecular complexity index is 585. The average Bonchev–Trinajstić information content (AvgIpc) is 2.36. The number of aromatic hydroxyl groups is 3. The summed E-state index contributed by atoms with van der Waals surface area (Å²) >= 11 is 0.